The van der Waals surface area contributed by atoms with Crippen molar-refractivity contribution in [2.75, 3.05) is 13.1 Å². The summed E-state index contributed by atoms with van der Waals surface area (Å²) in [7, 11) is 0. The molecule has 0 aromatic rings. The Labute approximate surface area is 108 Å². The molecule has 102 valence electrons. The number of rotatable bonds is 6. The molecule has 6 nitrogen and oxygen atoms in total. The molecule has 0 aliphatic rings. The average Bonchev–Trinajstić information content (AvgIpc) is 2.34. The molecule has 2 N–H and O–H groups in total. The first-order valence-electron chi connectivity index (χ1n) is 6.00. The standard InChI is InChI=1S/C12H21N3O3/c1-5-12(4,10(16)17)14-11(18)15(6-2)8-9(3)7-13/h9H,5-6,8H2,1-4H3,(H,14,18)(H,16,17). The number of nitrogens with one attached hydrogen (secondary N) is 1. The highest BCUT2D eigenvalue weighted by atomic mass is 16.4. The third kappa shape index (κ3) is 4.24. The summed E-state index contributed by atoms with van der Waals surface area (Å²) in [5.41, 5.74) is -1.28. The molecule has 6 heteroatoms. The predicted octanol–water partition coefficient (Wildman–Crippen LogP) is 1.43. The second kappa shape index (κ2) is 6.84. The van der Waals surface area contributed by atoms with Crippen LogP contribution in [0.3, 0.4) is 0 Å². The molecule has 2 amide bonds. The number of carboxylic acid groups (broad SMARTS) is 1. The summed E-state index contributed by atoms with van der Waals surface area (Å²) < 4.78 is 0. The highest BCUT2D eigenvalue weighted by molar-refractivity contribution is 5.85. The normalized spacial score (nSPS) is 15.1. The molecule has 0 saturated carbocycles. The average molecular weight is 255 g/mol. The van der Waals surface area contributed by atoms with E-state index in [1.54, 1.807) is 20.8 Å². The molecule has 0 rings (SSSR count). The van der Waals surface area contributed by atoms with Crippen molar-refractivity contribution in [3.63, 3.8) is 0 Å². The molecule has 0 aromatic heterocycles. The third-order valence-corrected chi connectivity index (χ3v) is 2.95. The highest BCUT2D eigenvalue weighted by Gasteiger charge is 2.34. The van der Waals surface area contributed by atoms with Crippen molar-refractivity contribution in [1.29, 1.82) is 5.26 Å². The van der Waals surface area contributed by atoms with Gasteiger partial charge in [0.1, 0.15) is 5.54 Å². The number of carboxylic acids is 1. The quantitative estimate of drug-likeness (QED) is 0.750. The van der Waals surface area contributed by atoms with Crippen LogP contribution in [0.15, 0.2) is 0 Å². The fourth-order valence-electron chi connectivity index (χ4n) is 1.34. The zero-order valence-corrected chi connectivity index (χ0v) is 11.4. The molecule has 0 aliphatic heterocycles. The molecule has 0 saturated heterocycles. The minimum atomic E-state index is -1.28. The van der Waals surface area contributed by atoms with Gasteiger partial charge in [-0.05, 0) is 27.2 Å². The van der Waals surface area contributed by atoms with Gasteiger partial charge in [0.2, 0.25) is 0 Å². The van der Waals surface area contributed by atoms with Gasteiger partial charge in [0.05, 0.1) is 12.0 Å². The van der Waals surface area contributed by atoms with Gasteiger partial charge >= 0.3 is 12.0 Å². The Morgan fingerprint density at radius 1 is 1.50 bits per heavy atom. The first-order chi connectivity index (χ1) is 8.30. The number of carbonyl (C=O) groups excluding carboxylic acids is 1. The molecule has 2 atom stereocenters. The number of urea groups is 1. The minimum Gasteiger partial charge on any atom is -0.480 e. The molecule has 0 heterocycles. The van der Waals surface area contributed by atoms with Crippen molar-refractivity contribution in [2.45, 2.75) is 39.7 Å². The first kappa shape index (κ1) is 16.2. The summed E-state index contributed by atoms with van der Waals surface area (Å²) in [6.07, 6.45) is 0.291. The van der Waals surface area contributed by atoms with E-state index in [4.69, 9.17) is 10.4 Å². The van der Waals surface area contributed by atoms with Gasteiger partial charge in [-0.25, -0.2) is 9.59 Å². The van der Waals surface area contributed by atoms with E-state index in [0.717, 1.165) is 0 Å². The maximum absolute atomic E-state index is 11.9. The van der Waals surface area contributed by atoms with Gasteiger partial charge in [-0.3, -0.25) is 0 Å². The molecule has 0 aliphatic carbocycles. The van der Waals surface area contributed by atoms with Gasteiger partial charge in [0, 0.05) is 13.1 Å². The van der Waals surface area contributed by atoms with E-state index in [1.807, 2.05) is 6.07 Å². The van der Waals surface area contributed by atoms with E-state index in [1.165, 1.54) is 11.8 Å². The number of nitrogens with zero attached hydrogens (tertiary/aromatic N) is 2. The van der Waals surface area contributed by atoms with Crippen LogP contribution in [-0.4, -0.2) is 40.6 Å². The molecule has 0 aromatic carbocycles. The zero-order valence-electron chi connectivity index (χ0n) is 11.4. The SMILES string of the molecule is CCN(CC(C)C#N)C(=O)NC(C)(CC)C(=O)O. The summed E-state index contributed by atoms with van der Waals surface area (Å²) in [5.74, 6) is -1.35. The van der Waals surface area contributed by atoms with E-state index in [-0.39, 0.29) is 12.5 Å². The summed E-state index contributed by atoms with van der Waals surface area (Å²) in [6.45, 7) is 7.38. The van der Waals surface area contributed by atoms with Crippen LogP contribution in [0.2, 0.25) is 0 Å². The fourth-order valence-corrected chi connectivity index (χ4v) is 1.34. The number of hydrogen-bond donors (Lipinski definition) is 2. The van der Waals surface area contributed by atoms with E-state index in [2.05, 4.69) is 5.32 Å². The monoisotopic (exact) mass is 255 g/mol. The van der Waals surface area contributed by atoms with Crippen LogP contribution in [0.5, 0.6) is 0 Å². The van der Waals surface area contributed by atoms with E-state index >= 15 is 0 Å². The lowest BCUT2D eigenvalue weighted by atomic mass is 10.00. The Morgan fingerprint density at radius 3 is 2.39 bits per heavy atom. The molecule has 18 heavy (non-hydrogen) atoms. The van der Waals surface area contributed by atoms with Crippen LogP contribution in [-0.2, 0) is 4.79 Å². The van der Waals surface area contributed by atoms with Crippen LogP contribution in [0.1, 0.15) is 34.1 Å². The van der Waals surface area contributed by atoms with Crippen LogP contribution in [0.4, 0.5) is 4.79 Å². The van der Waals surface area contributed by atoms with Gasteiger partial charge < -0.3 is 15.3 Å². The molecule has 0 fully saturated rings. The Balaban J connectivity index is 4.72. The maximum Gasteiger partial charge on any atom is 0.329 e. The zero-order chi connectivity index (χ0) is 14.3. The van der Waals surface area contributed by atoms with Gasteiger partial charge in [-0.2, -0.15) is 5.26 Å². The van der Waals surface area contributed by atoms with Gasteiger partial charge in [-0.1, -0.05) is 6.92 Å². The predicted molar refractivity (Wildman–Crippen MR) is 66.9 cm³/mol. The largest absolute Gasteiger partial charge is 0.480 e. The van der Waals surface area contributed by atoms with Crippen LogP contribution in [0.25, 0.3) is 0 Å². The number of aliphatic carboxylic acids is 1. The maximum atomic E-state index is 11.9. The number of carbonyl (C=O) groups is 2. The number of hydrogen-bond acceptors (Lipinski definition) is 3. The highest BCUT2D eigenvalue weighted by Crippen LogP contribution is 2.10. The van der Waals surface area contributed by atoms with Crippen molar-refractivity contribution in [3.8, 4) is 6.07 Å². The van der Waals surface area contributed by atoms with Crippen molar-refractivity contribution in [3.05, 3.63) is 0 Å². The molecule has 2 unspecified atom stereocenters. The van der Waals surface area contributed by atoms with Gasteiger partial charge in [0.15, 0.2) is 0 Å². The number of amides is 2. The van der Waals surface area contributed by atoms with Crippen molar-refractivity contribution in [2.24, 2.45) is 5.92 Å². The van der Waals surface area contributed by atoms with Gasteiger partial charge in [-0.15, -0.1) is 0 Å². The molecular formula is C12H21N3O3. The fraction of sp³-hybridized carbons (Fsp3) is 0.750. The Hall–Kier alpha value is -1.77. The lowest BCUT2D eigenvalue weighted by Gasteiger charge is -2.29. The van der Waals surface area contributed by atoms with Crippen LogP contribution >= 0.6 is 0 Å². The topological polar surface area (TPSA) is 93.4 Å². The molecule has 0 spiro atoms. The Morgan fingerprint density at radius 2 is 2.06 bits per heavy atom. The van der Waals surface area contributed by atoms with Crippen molar-refractivity contribution >= 4 is 12.0 Å². The Bertz CT molecular complexity index is 351. The lowest BCUT2D eigenvalue weighted by Crippen LogP contribution is -2.56. The summed E-state index contributed by atoms with van der Waals surface area (Å²) >= 11 is 0. The smallest absolute Gasteiger partial charge is 0.329 e. The van der Waals surface area contributed by atoms with Crippen LogP contribution in [0, 0.1) is 17.2 Å². The lowest BCUT2D eigenvalue weighted by molar-refractivity contribution is -0.143. The van der Waals surface area contributed by atoms with Crippen LogP contribution < -0.4 is 5.32 Å². The second-order valence-electron chi connectivity index (χ2n) is 4.49. The van der Waals surface area contributed by atoms with Gasteiger partial charge in [0.25, 0.3) is 0 Å². The Kier molecular flexibility index (Phi) is 6.17. The summed E-state index contributed by atoms with van der Waals surface area (Å²) in [5, 5.41) is 20.3. The first-order valence-corrected chi connectivity index (χ1v) is 6.00. The van der Waals surface area contributed by atoms with E-state index in [0.29, 0.717) is 13.0 Å². The summed E-state index contributed by atoms with van der Waals surface area (Å²) in [4.78, 5) is 24.5. The number of nitriles is 1. The molecular weight excluding hydrogens is 234 g/mol. The molecule has 0 radical (unpaired) electrons. The van der Waals surface area contributed by atoms with E-state index < -0.39 is 17.5 Å². The minimum absolute atomic E-state index is 0.284. The molecule has 0 bridgehead atoms. The van der Waals surface area contributed by atoms with Crippen molar-refractivity contribution in [1.82, 2.24) is 10.2 Å². The third-order valence-electron chi connectivity index (χ3n) is 2.95. The van der Waals surface area contributed by atoms with Crippen molar-refractivity contribution < 1.29 is 14.7 Å². The second-order valence-corrected chi connectivity index (χ2v) is 4.49. The van der Waals surface area contributed by atoms with E-state index in [9.17, 15) is 9.59 Å². The summed E-state index contributed by atoms with van der Waals surface area (Å²) in [6, 6.07) is 1.59.